The smallest absolute Gasteiger partial charge is 0.323 e. The largest absolute Gasteiger partial charge is 0.383 e. The van der Waals surface area contributed by atoms with Crippen LogP contribution in [-0.2, 0) is 17.9 Å². The van der Waals surface area contributed by atoms with Crippen LogP contribution in [0.5, 0.6) is 0 Å². The summed E-state index contributed by atoms with van der Waals surface area (Å²) in [6, 6.07) is 18.3. The lowest BCUT2D eigenvalue weighted by molar-refractivity contribution is -0.116. The number of amides is 3. The topological polar surface area (TPSA) is 148 Å². The Balaban J connectivity index is 1.28. The first-order valence-corrected chi connectivity index (χ1v) is 13.4. The number of hydrogen-bond acceptors (Lipinski definition) is 7. The number of urea groups is 1. The normalized spacial score (nSPS) is 11.0. The van der Waals surface area contributed by atoms with Gasteiger partial charge in [-0.05, 0) is 58.5 Å². The van der Waals surface area contributed by atoms with E-state index in [2.05, 4.69) is 25.9 Å². The summed E-state index contributed by atoms with van der Waals surface area (Å²) >= 11 is 1.53. The van der Waals surface area contributed by atoms with Crippen molar-refractivity contribution in [2.45, 2.75) is 13.1 Å². The van der Waals surface area contributed by atoms with E-state index in [0.29, 0.717) is 30.3 Å². The second-order valence-corrected chi connectivity index (χ2v) is 9.81. The van der Waals surface area contributed by atoms with Crippen molar-refractivity contribution in [2.24, 2.45) is 5.73 Å². The molecule has 0 fully saturated rings. The lowest BCUT2D eigenvalue weighted by atomic mass is 10.0. The predicted molar refractivity (Wildman–Crippen MR) is 162 cm³/mol. The maximum Gasteiger partial charge on any atom is 0.323 e. The zero-order chi connectivity index (χ0) is 27.9. The van der Waals surface area contributed by atoms with Gasteiger partial charge in [-0.1, -0.05) is 30.3 Å². The third-order valence-corrected chi connectivity index (χ3v) is 7.16. The molecule has 9 nitrogen and oxygen atoms in total. The number of anilines is 3. The number of carbonyl (C=O) groups excluding carboxylic acids is 2. The van der Waals surface area contributed by atoms with Gasteiger partial charge in [0.25, 0.3) is 0 Å². The van der Waals surface area contributed by atoms with Gasteiger partial charge in [0.05, 0.1) is 0 Å². The van der Waals surface area contributed by atoms with Gasteiger partial charge in [-0.25, -0.2) is 9.78 Å². The SMILES string of the molecule is NCc1cccc(NC(=O)Nc2ccc(-c3csc4c(C=CC(=O)NCc5cccnc5)cnc(N)c34)cc2)c1. The second-order valence-electron chi connectivity index (χ2n) is 8.93. The Morgan fingerprint density at radius 2 is 1.75 bits per heavy atom. The Morgan fingerprint density at radius 1 is 0.950 bits per heavy atom. The minimum Gasteiger partial charge on any atom is -0.383 e. The van der Waals surface area contributed by atoms with Crippen molar-refractivity contribution < 1.29 is 9.59 Å². The van der Waals surface area contributed by atoms with Gasteiger partial charge in [0, 0.05) is 70.3 Å². The summed E-state index contributed by atoms with van der Waals surface area (Å²) in [6.07, 6.45) is 8.29. The molecule has 0 aliphatic rings. The van der Waals surface area contributed by atoms with Gasteiger partial charge in [-0.2, -0.15) is 0 Å². The van der Waals surface area contributed by atoms with E-state index in [-0.39, 0.29) is 11.9 Å². The van der Waals surface area contributed by atoms with E-state index in [1.54, 1.807) is 30.7 Å². The molecular formula is C30H27N7O2S. The van der Waals surface area contributed by atoms with Crippen molar-refractivity contribution in [3.63, 3.8) is 0 Å². The van der Waals surface area contributed by atoms with E-state index in [4.69, 9.17) is 11.5 Å². The van der Waals surface area contributed by atoms with Crippen LogP contribution in [0.1, 0.15) is 16.7 Å². The zero-order valence-corrected chi connectivity index (χ0v) is 22.2. The van der Waals surface area contributed by atoms with E-state index < -0.39 is 0 Å². The molecule has 0 atom stereocenters. The van der Waals surface area contributed by atoms with Crippen molar-refractivity contribution >= 4 is 56.6 Å². The number of hydrogen-bond donors (Lipinski definition) is 5. The Bertz CT molecular complexity index is 1680. The van der Waals surface area contributed by atoms with E-state index >= 15 is 0 Å². The van der Waals surface area contributed by atoms with E-state index in [9.17, 15) is 9.59 Å². The highest BCUT2D eigenvalue weighted by atomic mass is 32.1. The molecule has 0 saturated heterocycles. The standard InChI is InChI=1S/C30H27N7O2S/c31-14-19-3-1-5-24(13-19)37-30(39)36-23-9-6-21(7-10-23)25-18-40-28-22(17-35-29(32)27(25)28)8-11-26(38)34-16-20-4-2-12-33-15-20/h1-13,15,17-18H,14,16,31H2,(H2,32,35)(H,34,38)(H2,36,37,39). The molecule has 0 bridgehead atoms. The molecule has 3 amide bonds. The van der Waals surface area contributed by atoms with Crippen LogP contribution in [0.25, 0.3) is 27.3 Å². The first-order valence-electron chi connectivity index (χ1n) is 12.5. The van der Waals surface area contributed by atoms with Crippen LogP contribution in [0.4, 0.5) is 22.0 Å². The number of thiophene rings is 1. The fraction of sp³-hybridized carbons (Fsp3) is 0.0667. The molecule has 3 aromatic heterocycles. The summed E-state index contributed by atoms with van der Waals surface area (Å²) in [6.45, 7) is 0.791. The van der Waals surface area contributed by atoms with Crippen LogP contribution in [0, 0.1) is 0 Å². The number of fused-ring (bicyclic) bond motifs is 1. The average Bonchev–Trinajstić information content (AvgIpc) is 3.43. The molecule has 5 aromatic rings. The lowest BCUT2D eigenvalue weighted by Crippen LogP contribution is -2.20. The fourth-order valence-electron chi connectivity index (χ4n) is 4.14. The Kier molecular flexibility index (Phi) is 8.10. The highest BCUT2D eigenvalue weighted by Gasteiger charge is 2.14. The van der Waals surface area contributed by atoms with Crippen LogP contribution in [0.15, 0.2) is 90.7 Å². The molecule has 7 N–H and O–H groups in total. The van der Waals surface area contributed by atoms with Gasteiger partial charge < -0.3 is 27.4 Å². The van der Waals surface area contributed by atoms with Crippen LogP contribution in [-0.4, -0.2) is 21.9 Å². The fourth-order valence-corrected chi connectivity index (χ4v) is 5.22. The van der Waals surface area contributed by atoms with Gasteiger partial charge in [0.2, 0.25) is 5.91 Å². The molecule has 0 aliphatic heterocycles. The third kappa shape index (κ3) is 6.32. The van der Waals surface area contributed by atoms with E-state index in [1.807, 2.05) is 60.0 Å². The maximum atomic E-state index is 12.5. The average molecular weight is 550 g/mol. The van der Waals surface area contributed by atoms with Crippen LogP contribution >= 0.6 is 11.3 Å². The quantitative estimate of drug-likeness (QED) is 0.164. The molecular weight excluding hydrogens is 522 g/mol. The first kappa shape index (κ1) is 26.5. The van der Waals surface area contributed by atoms with Gasteiger partial charge in [0.15, 0.2) is 0 Å². The number of aromatic nitrogens is 2. The van der Waals surface area contributed by atoms with Crippen LogP contribution in [0.2, 0.25) is 0 Å². The molecule has 2 aromatic carbocycles. The Labute approximate surface area is 235 Å². The van der Waals surface area contributed by atoms with E-state index in [0.717, 1.165) is 37.9 Å². The number of pyridine rings is 2. The summed E-state index contributed by atoms with van der Waals surface area (Å²) in [5.74, 6) is 0.190. The molecule has 0 aliphatic carbocycles. The number of nitrogen functional groups attached to an aromatic ring is 1. The minimum absolute atomic E-state index is 0.218. The van der Waals surface area contributed by atoms with Gasteiger partial charge in [0.1, 0.15) is 5.82 Å². The van der Waals surface area contributed by atoms with Crippen LogP contribution < -0.4 is 27.4 Å². The zero-order valence-electron chi connectivity index (χ0n) is 21.4. The Morgan fingerprint density at radius 3 is 2.52 bits per heavy atom. The third-order valence-electron chi connectivity index (χ3n) is 6.13. The number of carbonyl (C=O) groups is 2. The van der Waals surface area contributed by atoms with Crippen LogP contribution in [0.3, 0.4) is 0 Å². The molecule has 5 rings (SSSR count). The number of nitrogens with two attached hydrogens (primary N) is 2. The molecule has 10 heteroatoms. The van der Waals surface area contributed by atoms with Crippen molar-refractivity contribution in [1.29, 1.82) is 0 Å². The van der Waals surface area contributed by atoms with Crippen molar-refractivity contribution in [2.75, 3.05) is 16.4 Å². The van der Waals surface area contributed by atoms with Gasteiger partial charge >= 0.3 is 6.03 Å². The predicted octanol–water partition coefficient (Wildman–Crippen LogP) is 5.37. The molecule has 0 unspecified atom stereocenters. The highest BCUT2D eigenvalue weighted by molar-refractivity contribution is 7.18. The number of rotatable bonds is 8. The molecule has 40 heavy (non-hydrogen) atoms. The van der Waals surface area contributed by atoms with Crippen molar-refractivity contribution in [3.05, 3.63) is 107 Å². The number of nitrogens with one attached hydrogen (secondary N) is 3. The summed E-state index contributed by atoms with van der Waals surface area (Å²) in [5, 5.41) is 11.3. The molecule has 0 radical (unpaired) electrons. The molecule has 0 spiro atoms. The van der Waals surface area contributed by atoms with Crippen molar-refractivity contribution in [1.82, 2.24) is 15.3 Å². The molecule has 0 saturated carbocycles. The van der Waals surface area contributed by atoms with Gasteiger partial charge in [-0.3, -0.25) is 9.78 Å². The summed E-state index contributed by atoms with van der Waals surface area (Å²) < 4.78 is 0.931. The van der Waals surface area contributed by atoms with Crippen molar-refractivity contribution in [3.8, 4) is 11.1 Å². The Hall–Kier alpha value is -5.06. The number of nitrogens with zero attached hydrogens (tertiary/aromatic N) is 2. The maximum absolute atomic E-state index is 12.5. The van der Waals surface area contributed by atoms with E-state index in [1.165, 1.54) is 17.4 Å². The first-order chi connectivity index (χ1) is 19.5. The summed E-state index contributed by atoms with van der Waals surface area (Å²) in [5.41, 5.74) is 17.8. The van der Waals surface area contributed by atoms with Gasteiger partial charge in [-0.15, -0.1) is 11.3 Å². The summed E-state index contributed by atoms with van der Waals surface area (Å²) in [4.78, 5) is 33.2. The minimum atomic E-state index is -0.350. The summed E-state index contributed by atoms with van der Waals surface area (Å²) in [7, 11) is 0. The monoisotopic (exact) mass is 549 g/mol. The lowest BCUT2D eigenvalue weighted by Gasteiger charge is -2.09. The number of benzene rings is 2. The second kappa shape index (κ2) is 12.2. The molecule has 3 heterocycles. The highest BCUT2D eigenvalue weighted by Crippen LogP contribution is 2.39. The molecule has 200 valence electrons.